The maximum Gasteiger partial charge on any atom is 0.118 e. The fraction of sp³-hybridized carbons (Fsp3) is 0.417. The van der Waals surface area contributed by atoms with E-state index in [1.807, 2.05) is 12.1 Å². The third kappa shape index (κ3) is 2.63. The minimum Gasteiger partial charge on any atom is -0.497 e. The lowest BCUT2D eigenvalue weighted by atomic mass is 9.76. The first kappa shape index (κ1) is 16.0. The van der Waals surface area contributed by atoms with Crippen LogP contribution in [-0.4, -0.2) is 12.0 Å². The number of ether oxygens (including phenoxy) is 1. The molecule has 0 radical (unpaired) electrons. The Kier molecular flexibility index (Phi) is 4.19. The molecule has 1 saturated carbocycles. The maximum absolute atomic E-state index is 9.36. The van der Waals surface area contributed by atoms with Crippen molar-refractivity contribution in [3.63, 3.8) is 0 Å². The molecule has 1 atom stereocenters. The molecule has 1 unspecified atom stereocenters. The van der Waals surface area contributed by atoms with Crippen LogP contribution in [0.25, 0.3) is 0 Å². The number of fused-ring (bicyclic) bond motifs is 2. The average Bonchev–Trinajstić information content (AvgIpc) is 2.90. The first-order chi connectivity index (χ1) is 13.0. The molecule has 1 fully saturated rings. The molecule has 2 aromatic rings. The highest BCUT2D eigenvalue weighted by atomic mass is 16.5. The normalized spacial score (nSPS) is 24.7. The smallest absolute Gasteiger partial charge is 0.118 e. The number of benzene rings is 2. The molecule has 1 heterocycles. The van der Waals surface area contributed by atoms with E-state index in [2.05, 4.69) is 48.1 Å². The van der Waals surface area contributed by atoms with Gasteiger partial charge in [-0.05, 0) is 54.2 Å². The molecule has 2 aliphatic rings. The van der Waals surface area contributed by atoms with Crippen LogP contribution in [0.2, 0.25) is 0 Å². The highest BCUT2D eigenvalue weighted by Gasteiger charge is 2.50. The zero-order valence-electron chi connectivity index (χ0n) is 16.7. The number of hydrogen-bond donors (Lipinski definition) is 0. The van der Waals surface area contributed by atoms with Crippen molar-refractivity contribution in [1.29, 1.82) is 0 Å². The van der Waals surface area contributed by atoms with Crippen molar-refractivity contribution in [1.82, 2.24) is 4.90 Å². The molecule has 1 aliphatic carbocycles. The summed E-state index contributed by atoms with van der Waals surface area (Å²) in [5.74, 6) is 3.72. The minimum absolute atomic E-state index is 0.131. The Morgan fingerprint density at radius 1 is 1.19 bits per heavy atom. The molecule has 0 aromatic heterocycles. The molecule has 0 saturated heterocycles. The first-order valence-corrected chi connectivity index (χ1v) is 9.54. The van der Waals surface area contributed by atoms with Crippen LogP contribution in [0.5, 0.6) is 5.75 Å². The number of aryl methyl sites for hydroxylation is 1. The standard InChI is InChI=1S/C24H27NO/c1-4-22-23-18(2)9-8-10-21(23)24(15-6-5-7-16-24)25(22)17-19-11-13-20(26-3)14-12-19/h1,8-14,22H,5-7,15-17H2,2-3H3/i22D. The van der Waals surface area contributed by atoms with Gasteiger partial charge in [0.1, 0.15) is 5.75 Å². The average molecular weight is 346 g/mol. The Labute approximate surface area is 158 Å². The third-order valence-electron chi connectivity index (χ3n) is 6.11. The molecule has 2 aromatic carbocycles. The second-order valence-corrected chi connectivity index (χ2v) is 7.52. The lowest BCUT2D eigenvalue weighted by Gasteiger charge is -2.43. The van der Waals surface area contributed by atoms with Gasteiger partial charge in [-0.2, -0.15) is 0 Å². The number of terminal acetylenes is 1. The van der Waals surface area contributed by atoms with Gasteiger partial charge in [-0.1, -0.05) is 55.5 Å². The lowest BCUT2D eigenvalue weighted by molar-refractivity contribution is 0.0414. The van der Waals surface area contributed by atoms with Crippen molar-refractivity contribution >= 4 is 0 Å². The maximum atomic E-state index is 9.36. The Hall–Kier alpha value is -2.24. The van der Waals surface area contributed by atoms with Crippen LogP contribution in [0, 0.1) is 19.3 Å². The summed E-state index contributed by atoms with van der Waals surface area (Å²) in [6.45, 7) is 2.76. The van der Waals surface area contributed by atoms with E-state index in [0.717, 1.165) is 35.3 Å². The predicted octanol–water partition coefficient (Wildman–Crippen LogP) is 5.35. The Balaban J connectivity index is 1.84. The number of hydrogen-bond acceptors (Lipinski definition) is 2. The van der Waals surface area contributed by atoms with Gasteiger partial charge in [0, 0.05) is 12.1 Å². The van der Waals surface area contributed by atoms with Gasteiger partial charge in [0.2, 0.25) is 0 Å². The fourth-order valence-electron chi connectivity index (χ4n) is 4.83. The van der Waals surface area contributed by atoms with Crippen molar-refractivity contribution in [3.05, 3.63) is 64.7 Å². The van der Waals surface area contributed by atoms with Gasteiger partial charge >= 0.3 is 0 Å². The summed E-state index contributed by atoms with van der Waals surface area (Å²) in [5.41, 5.74) is 4.47. The van der Waals surface area contributed by atoms with Crippen molar-refractivity contribution in [2.24, 2.45) is 0 Å². The molecule has 134 valence electrons. The minimum atomic E-state index is -1.13. The fourth-order valence-corrected chi connectivity index (χ4v) is 4.83. The first-order valence-electron chi connectivity index (χ1n) is 10.0. The predicted molar refractivity (Wildman–Crippen MR) is 106 cm³/mol. The van der Waals surface area contributed by atoms with E-state index in [9.17, 15) is 1.37 Å². The molecule has 0 N–H and O–H groups in total. The summed E-state index contributed by atoms with van der Waals surface area (Å²) in [5, 5.41) is 0. The highest BCUT2D eigenvalue weighted by Crippen LogP contribution is 2.54. The quantitative estimate of drug-likeness (QED) is 0.694. The molecule has 0 amide bonds. The van der Waals surface area contributed by atoms with Gasteiger partial charge in [0.25, 0.3) is 0 Å². The van der Waals surface area contributed by atoms with E-state index in [0.29, 0.717) is 6.54 Å². The third-order valence-corrected chi connectivity index (χ3v) is 6.11. The topological polar surface area (TPSA) is 12.5 Å². The SMILES string of the molecule is [2H]C1(C#C)c2c(C)cccc2C2(CCCCC2)N1Cc1ccc(OC)cc1. The lowest BCUT2D eigenvalue weighted by Crippen LogP contribution is -2.43. The van der Waals surface area contributed by atoms with Crippen molar-refractivity contribution < 1.29 is 6.11 Å². The van der Waals surface area contributed by atoms with Gasteiger partial charge in [-0.15, -0.1) is 6.42 Å². The van der Waals surface area contributed by atoms with Crippen LogP contribution >= 0.6 is 0 Å². The summed E-state index contributed by atoms with van der Waals surface area (Å²) >= 11 is 0. The molecule has 1 aliphatic heterocycles. The second kappa shape index (κ2) is 6.82. The van der Waals surface area contributed by atoms with E-state index >= 15 is 0 Å². The van der Waals surface area contributed by atoms with Crippen LogP contribution < -0.4 is 4.74 Å². The monoisotopic (exact) mass is 346 g/mol. The zero-order chi connectivity index (χ0) is 19.1. The largest absolute Gasteiger partial charge is 0.497 e. The number of nitrogens with zero attached hydrogens (tertiary/aromatic N) is 1. The van der Waals surface area contributed by atoms with Crippen molar-refractivity contribution in [2.45, 2.75) is 57.1 Å². The molecule has 2 nitrogen and oxygen atoms in total. The molecular weight excluding hydrogens is 318 g/mol. The van der Waals surface area contributed by atoms with Gasteiger partial charge in [-0.25, -0.2) is 0 Å². The van der Waals surface area contributed by atoms with Gasteiger partial charge in [0.05, 0.1) is 14.5 Å². The summed E-state index contributed by atoms with van der Waals surface area (Å²) in [4.78, 5) is 2.29. The summed E-state index contributed by atoms with van der Waals surface area (Å²) in [6.07, 6.45) is 11.8. The summed E-state index contributed by atoms with van der Waals surface area (Å²) in [7, 11) is 1.68. The van der Waals surface area contributed by atoms with E-state index in [1.165, 1.54) is 24.8 Å². The molecule has 26 heavy (non-hydrogen) atoms. The molecule has 4 rings (SSSR count). The summed E-state index contributed by atoms with van der Waals surface area (Å²) in [6, 6.07) is 13.4. The van der Waals surface area contributed by atoms with E-state index < -0.39 is 6.02 Å². The second-order valence-electron chi connectivity index (χ2n) is 7.52. The molecular formula is C24H27NO. The number of rotatable bonds is 3. The molecule has 2 heteroatoms. The Bertz CT molecular complexity index is 876. The van der Waals surface area contributed by atoms with Gasteiger partial charge in [0.15, 0.2) is 0 Å². The zero-order valence-corrected chi connectivity index (χ0v) is 15.7. The van der Waals surface area contributed by atoms with Crippen molar-refractivity contribution in [3.8, 4) is 18.1 Å². The van der Waals surface area contributed by atoms with Crippen LogP contribution in [0.1, 0.15) is 61.7 Å². The van der Waals surface area contributed by atoms with Crippen LogP contribution in [0.4, 0.5) is 0 Å². The highest BCUT2D eigenvalue weighted by molar-refractivity contribution is 5.49. The van der Waals surface area contributed by atoms with E-state index in [4.69, 9.17) is 11.2 Å². The van der Waals surface area contributed by atoms with Crippen LogP contribution in [0.15, 0.2) is 42.5 Å². The van der Waals surface area contributed by atoms with Crippen LogP contribution in [-0.2, 0) is 12.1 Å². The Morgan fingerprint density at radius 3 is 2.58 bits per heavy atom. The van der Waals surface area contributed by atoms with E-state index in [1.54, 1.807) is 7.11 Å². The Morgan fingerprint density at radius 2 is 1.92 bits per heavy atom. The van der Waals surface area contributed by atoms with E-state index in [-0.39, 0.29) is 5.54 Å². The van der Waals surface area contributed by atoms with Gasteiger partial charge < -0.3 is 4.74 Å². The summed E-state index contributed by atoms with van der Waals surface area (Å²) < 4.78 is 14.7. The molecule has 1 spiro atoms. The van der Waals surface area contributed by atoms with Gasteiger partial charge in [-0.3, -0.25) is 4.90 Å². The van der Waals surface area contributed by atoms with Crippen molar-refractivity contribution in [2.75, 3.05) is 7.11 Å². The molecule has 0 bridgehead atoms. The number of methoxy groups -OCH3 is 1. The van der Waals surface area contributed by atoms with Crippen LogP contribution in [0.3, 0.4) is 0 Å².